The summed E-state index contributed by atoms with van der Waals surface area (Å²) in [5.41, 5.74) is 4.16. The van der Waals surface area contributed by atoms with Gasteiger partial charge in [0.1, 0.15) is 11.4 Å². The maximum Gasteiger partial charge on any atom is 0.573 e. The quantitative estimate of drug-likeness (QED) is 0.739. The summed E-state index contributed by atoms with van der Waals surface area (Å²) in [7, 11) is 2.12. The van der Waals surface area contributed by atoms with Crippen LogP contribution in [0.1, 0.15) is 10.4 Å². The number of ether oxygens (including phenoxy) is 3. The van der Waals surface area contributed by atoms with E-state index in [1.165, 1.54) is 24.4 Å². The molecule has 1 amide bonds. The molecule has 2 rings (SSSR count). The Morgan fingerprint density at radius 3 is 2.24 bits per heavy atom. The molecule has 1 aliphatic heterocycles. The first-order chi connectivity index (χ1) is 13.6. The molecule has 0 saturated heterocycles. The van der Waals surface area contributed by atoms with E-state index >= 15 is 0 Å². The number of allylic oxidation sites excluding steroid dienone is 2. The Bertz CT molecular complexity index is 934. The van der Waals surface area contributed by atoms with Gasteiger partial charge in [-0.2, -0.15) is 0 Å². The molecule has 0 spiro atoms. The first-order valence-electron chi connectivity index (χ1n) is 7.83. The molecule has 0 atom stereocenters. The molecule has 29 heavy (non-hydrogen) atoms. The predicted molar refractivity (Wildman–Crippen MR) is 93.5 cm³/mol. The lowest BCUT2D eigenvalue weighted by Crippen LogP contribution is -2.29. The normalized spacial score (nSPS) is 13.8. The van der Waals surface area contributed by atoms with Crippen LogP contribution in [0.5, 0.6) is 5.75 Å². The van der Waals surface area contributed by atoms with Crippen LogP contribution in [0.3, 0.4) is 0 Å². The van der Waals surface area contributed by atoms with Crippen LogP contribution in [0, 0.1) is 0 Å². The van der Waals surface area contributed by atoms with Crippen LogP contribution in [-0.4, -0.2) is 38.4 Å². The zero-order chi connectivity index (χ0) is 21.8. The van der Waals surface area contributed by atoms with Crippen LogP contribution >= 0.6 is 0 Å². The number of carbonyl (C=O) groups is 3. The van der Waals surface area contributed by atoms with Gasteiger partial charge in [-0.3, -0.25) is 4.79 Å². The molecule has 0 radical (unpaired) electrons. The molecule has 154 valence electrons. The fraction of sp³-hybridized carbons (Fsp3) is 0.167. The number of hydrogen-bond acceptors (Lipinski definition) is 7. The van der Waals surface area contributed by atoms with Crippen molar-refractivity contribution in [3.8, 4) is 5.75 Å². The van der Waals surface area contributed by atoms with Gasteiger partial charge in [0.25, 0.3) is 5.91 Å². The van der Waals surface area contributed by atoms with Gasteiger partial charge in [0.05, 0.1) is 31.0 Å². The summed E-state index contributed by atoms with van der Waals surface area (Å²) >= 11 is 0. The number of hydrogen-bond donors (Lipinski definition) is 1. The Labute approximate surface area is 162 Å². The number of benzene rings is 1. The van der Waals surface area contributed by atoms with Crippen molar-refractivity contribution in [1.29, 1.82) is 0 Å². The summed E-state index contributed by atoms with van der Waals surface area (Å²) in [6.45, 7) is 0. The molecule has 8 nitrogen and oxygen atoms in total. The number of primary amides is 1. The van der Waals surface area contributed by atoms with E-state index in [0.29, 0.717) is 0 Å². The molecule has 1 aromatic rings. The Balaban J connectivity index is 2.76. The molecule has 0 unspecified atom stereocenters. The second-order valence-electron chi connectivity index (χ2n) is 5.41. The van der Waals surface area contributed by atoms with Gasteiger partial charge in [0.15, 0.2) is 0 Å². The number of nitrogens with two attached hydrogens (primary N) is 1. The maximum absolute atomic E-state index is 12.6. The van der Waals surface area contributed by atoms with Crippen molar-refractivity contribution < 1.29 is 41.8 Å². The lowest BCUT2D eigenvalue weighted by atomic mass is 10.1. The summed E-state index contributed by atoms with van der Waals surface area (Å²) < 4.78 is 51.1. The smallest absolute Gasteiger partial charge is 0.465 e. The average molecular weight is 412 g/mol. The third kappa shape index (κ3) is 4.94. The molecule has 11 heteroatoms. The molecule has 0 aromatic heterocycles. The molecule has 1 aliphatic rings. The fourth-order valence-electron chi connectivity index (χ4n) is 2.47. The van der Waals surface area contributed by atoms with Crippen LogP contribution in [0.15, 0.2) is 53.9 Å². The van der Waals surface area contributed by atoms with Crippen molar-refractivity contribution in [3.05, 3.63) is 59.5 Å². The van der Waals surface area contributed by atoms with Gasteiger partial charge in [0, 0.05) is 12.3 Å². The SMILES string of the molecule is COC(=O)C1=C(C(=O)OC)N(c2cc(OC(F)(F)F)ccc2C(N)=O)C=CC=C1. The molecular weight excluding hydrogens is 397 g/mol. The van der Waals surface area contributed by atoms with Gasteiger partial charge in [0.2, 0.25) is 0 Å². The van der Waals surface area contributed by atoms with E-state index in [-0.39, 0.29) is 16.8 Å². The second kappa shape index (κ2) is 8.50. The number of rotatable bonds is 5. The minimum Gasteiger partial charge on any atom is -0.465 e. The van der Waals surface area contributed by atoms with Crippen LogP contribution in [0.25, 0.3) is 0 Å². The standard InChI is InChI=1S/C18H15F3N2O6/c1-27-16(25)12-5-3-4-8-23(14(12)17(26)28-2)13-9-10(29-18(19,20)21)6-7-11(13)15(22)24/h3-9H,1-2H3,(H2,22,24). The van der Waals surface area contributed by atoms with Crippen LogP contribution < -0.4 is 15.4 Å². The van der Waals surface area contributed by atoms with Gasteiger partial charge < -0.3 is 24.8 Å². The first kappa shape index (κ1) is 21.5. The van der Waals surface area contributed by atoms with Crippen LogP contribution in [0.4, 0.5) is 18.9 Å². The molecular formula is C18H15F3N2O6. The topological polar surface area (TPSA) is 108 Å². The monoisotopic (exact) mass is 412 g/mol. The third-order valence-corrected chi connectivity index (χ3v) is 3.62. The van der Waals surface area contributed by atoms with Crippen molar-refractivity contribution in [2.24, 2.45) is 5.73 Å². The number of alkyl halides is 3. The largest absolute Gasteiger partial charge is 0.573 e. The zero-order valence-electron chi connectivity index (χ0n) is 15.1. The molecule has 1 heterocycles. The molecule has 2 N–H and O–H groups in total. The summed E-state index contributed by atoms with van der Waals surface area (Å²) in [5, 5.41) is 0. The second-order valence-corrected chi connectivity index (χ2v) is 5.41. The van der Waals surface area contributed by atoms with E-state index in [1.807, 2.05) is 0 Å². The van der Waals surface area contributed by atoms with Gasteiger partial charge in [-0.1, -0.05) is 6.08 Å². The summed E-state index contributed by atoms with van der Waals surface area (Å²) in [4.78, 5) is 37.4. The number of nitrogens with zero attached hydrogens (tertiary/aromatic N) is 1. The lowest BCUT2D eigenvalue weighted by Gasteiger charge is -2.25. The van der Waals surface area contributed by atoms with Crippen molar-refractivity contribution in [2.75, 3.05) is 19.1 Å². The Hall–Kier alpha value is -3.76. The van der Waals surface area contributed by atoms with Gasteiger partial charge in [-0.25, -0.2) is 9.59 Å². The van der Waals surface area contributed by atoms with Crippen molar-refractivity contribution in [1.82, 2.24) is 0 Å². The molecule has 0 saturated carbocycles. The number of carbonyl (C=O) groups excluding carboxylic acids is 3. The van der Waals surface area contributed by atoms with Crippen LogP contribution in [0.2, 0.25) is 0 Å². The lowest BCUT2D eigenvalue weighted by molar-refractivity contribution is -0.274. The van der Waals surface area contributed by atoms with E-state index in [1.54, 1.807) is 0 Å². The fourth-order valence-corrected chi connectivity index (χ4v) is 2.47. The van der Waals surface area contributed by atoms with Crippen molar-refractivity contribution >= 4 is 23.5 Å². The first-order valence-corrected chi connectivity index (χ1v) is 7.83. The number of methoxy groups -OCH3 is 2. The van der Waals surface area contributed by atoms with E-state index in [0.717, 1.165) is 37.3 Å². The highest BCUT2D eigenvalue weighted by Gasteiger charge is 2.33. The van der Waals surface area contributed by atoms with E-state index in [4.69, 9.17) is 10.5 Å². The molecule has 0 aliphatic carbocycles. The Morgan fingerprint density at radius 1 is 1.03 bits per heavy atom. The predicted octanol–water partition coefficient (Wildman–Crippen LogP) is 2.17. The highest BCUT2D eigenvalue weighted by molar-refractivity contribution is 6.07. The van der Waals surface area contributed by atoms with Gasteiger partial charge >= 0.3 is 18.3 Å². The highest BCUT2D eigenvalue weighted by Crippen LogP contribution is 2.34. The van der Waals surface area contributed by atoms with Crippen LogP contribution in [-0.2, 0) is 19.1 Å². The summed E-state index contributed by atoms with van der Waals surface area (Å²) in [6.07, 6.45) is 0.239. The van der Waals surface area contributed by atoms with Gasteiger partial charge in [-0.15, -0.1) is 13.2 Å². The minimum atomic E-state index is -5.00. The summed E-state index contributed by atoms with van der Waals surface area (Å²) in [6, 6.07) is 2.73. The number of halogens is 3. The van der Waals surface area contributed by atoms with E-state index in [2.05, 4.69) is 9.47 Å². The molecule has 0 bridgehead atoms. The average Bonchev–Trinajstić information content (AvgIpc) is 2.88. The Morgan fingerprint density at radius 2 is 1.69 bits per heavy atom. The van der Waals surface area contributed by atoms with Crippen molar-refractivity contribution in [2.45, 2.75) is 6.36 Å². The Kier molecular flexibility index (Phi) is 6.32. The number of anilines is 1. The molecule has 0 fully saturated rings. The van der Waals surface area contributed by atoms with Crippen molar-refractivity contribution in [3.63, 3.8) is 0 Å². The minimum absolute atomic E-state index is 0.239. The molecule has 1 aromatic carbocycles. The highest BCUT2D eigenvalue weighted by atomic mass is 19.4. The maximum atomic E-state index is 12.6. The van der Waals surface area contributed by atoms with Gasteiger partial charge in [-0.05, 0) is 24.3 Å². The number of esters is 2. The number of amides is 1. The summed E-state index contributed by atoms with van der Waals surface area (Å²) in [5.74, 6) is -3.60. The van der Waals surface area contributed by atoms with E-state index in [9.17, 15) is 27.6 Å². The van der Waals surface area contributed by atoms with E-state index < -0.39 is 35.7 Å². The third-order valence-electron chi connectivity index (χ3n) is 3.62. The zero-order valence-corrected chi connectivity index (χ0v) is 15.1.